The van der Waals surface area contributed by atoms with Gasteiger partial charge in [0.15, 0.2) is 0 Å². The molecular formula is C17H18N4O6. The molecule has 142 valence electrons. The number of aromatic nitrogens is 2. The highest BCUT2D eigenvalue weighted by molar-refractivity contribution is 5.81. The van der Waals surface area contributed by atoms with Crippen molar-refractivity contribution in [2.24, 2.45) is 5.92 Å². The molecule has 1 amide bonds. The molecule has 27 heavy (non-hydrogen) atoms. The van der Waals surface area contributed by atoms with Crippen molar-refractivity contribution >= 4 is 28.5 Å². The van der Waals surface area contributed by atoms with Crippen LogP contribution in [0.1, 0.15) is 12.8 Å². The van der Waals surface area contributed by atoms with Crippen LogP contribution in [0, 0.1) is 16.0 Å². The number of likely N-dealkylation sites (tertiary alicyclic amines) is 1. The number of rotatable bonds is 4. The summed E-state index contributed by atoms with van der Waals surface area (Å²) >= 11 is 0. The average Bonchev–Trinajstić information content (AvgIpc) is 2.69. The number of benzene rings is 1. The van der Waals surface area contributed by atoms with Gasteiger partial charge in [-0.25, -0.2) is 4.98 Å². The summed E-state index contributed by atoms with van der Waals surface area (Å²) in [6.07, 6.45) is 2.26. The Morgan fingerprint density at radius 2 is 2.04 bits per heavy atom. The van der Waals surface area contributed by atoms with E-state index in [0.717, 1.165) is 0 Å². The van der Waals surface area contributed by atoms with Gasteiger partial charge in [-0.3, -0.25) is 29.1 Å². The number of nitrogens with zero attached hydrogens (tertiary/aromatic N) is 4. The molecule has 0 saturated carbocycles. The van der Waals surface area contributed by atoms with Gasteiger partial charge in [0.05, 0.1) is 35.2 Å². The summed E-state index contributed by atoms with van der Waals surface area (Å²) < 4.78 is 5.91. The summed E-state index contributed by atoms with van der Waals surface area (Å²) in [5.74, 6) is -0.727. The summed E-state index contributed by atoms with van der Waals surface area (Å²) in [6.45, 7) is 0.656. The number of carbonyl (C=O) groups excluding carboxylic acids is 2. The number of ether oxygens (including phenoxy) is 1. The van der Waals surface area contributed by atoms with Gasteiger partial charge in [-0.2, -0.15) is 0 Å². The number of nitro benzene ring substituents is 1. The summed E-state index contributed by atoms with van der Waals surface area (Å²) in [4.78, 5) is 52.5. The Morgan fingerprint density at radius 3 is 2.67 bits per heavy atom. The zero-order chi connectivity index (χ0) is 19.6. The standard InChI is InChI=1S/C17H18N4O6/c1-27-17(24)11-4-6-19(7-5-11)15(22)9-20-10-18-14-8-12(21(25)26)2-3-13(14)16(20)23/h2-3,8,10-11H,4-7,9H2,1H3. The molecule has 3 rings (SSSR count). The second-order valence-corrected chi connectivity index (χ2v) is 6.31. The number of esters is 1. The van der Waals surface area contributed by atoms with Crippen molar-refractivity contribution in [2.75, 3.05) is 20.2 Å². The molecule has 0 N–H and O–H groups in total. The van der Waals surface area contributed by atoms with E-state index < -0.39 is 10.5 Å². The predicted octanol–water partition coefficient (Wildman–Crippen LogP) is 0.716. The van der Waals surface area contributed by atoms with Crippen molar-refractivity contribution in [2.45, 2.75) is 19.4 Å². The molecule has 1 aliphatic heterocycles. The smallest absolute Gasteiger partial charge is 0.308 e. The van der Waals surface area contributed by atoms with Gasteiger partial charge < -0.3 is 9.64 Å². The molecule has 0 atom stereocenters. The van der Waals surface area contributed by atoms with Crippen LogP contribution in [0.15, 0.2) is 29.3 Å². The number of nitro groups is 1. The van der Waals surface area contributed by atoms with Crippen molar-refractivity contribution in [3.8, 4) is 0 Å². The molecule has 1 aliphatic rings. The normalized spacial score (nSPS) is 14.9. The SMILES string of the molecule is COC(=O)C1CCN(C(=O)Cn2cnc3cc([N+](=O)[O-])ccc3c2=O)CC1. The van der Waals surface area contributed by atoms with E-state index in [1.165, 1.54) is 36.2 Å². The van der Waals surface area contributed by atoms with Gasteiger partial charge >= 0.3 is 5.97 Å². The Hall–Kier alpha value is -3.30. The molecule has 1 aromatic heterocycles. The summed E-state index contributed by atoms with van der Waals surface area (Å²) in [7, 11) is 1.34. The molecule has 0 radical (unpaired) electrons. The van der Waals surface area contributed by atoms with Gasteiger partial charge in [-0.1, -0.05) is 0 Å². The predicted molar refractivity (Wildman–Crippen MR) is 94.0 cm³/mol. The first-order chi connectivity index (χ1) is 12.9. The maximum atomic E-state index is 12.5. The highest BCUT2D eigenvalue weighted by Crippen LogP contribution is 2.19. The van der Waals surface area contributed by atoms with Crippen LogP contribution in [-0.4, -0.2) is 51.5 Å². The van der Waals surface area contributed by atoms with Crippen molar-refractivity contribution in [3.05, 3.63) is 45.0 Å². The van der Waals surface area contributed by atoms with E-state index in [9.17, 15) is 24.5 Å². The van der Waals surface area contributed by atoms with Crippen molar-refractivity contribution in [1.82, 2.24) is 14.5 Å². The molecular weight excluding hydrogens is 356 g/mol. The van der Waals surface area contributed by atoms with E-state index in [2.05, 4.69) is 4.98 Å². The first-order valence-electron chi connectivity index (χ1n) is 8.40. The first-order valence-corrected chi connectivity index (χ1v) is 8.40. The van der Waals surface area contributed by atoms with Gasteiger partial charge in [-0.05, 0) is 18.9 Å². The van der Waals surface area contributed by atoms with Crippen LogP contribution < -0.4 is 5.56 Å². The fourth-order valence-corrected chi connectivity index (χ4v) is 3.15. The Bertz CT molecular complexity index is 962. The molecule has 10 nitrogen and oxygen atoms in total. The van der Waals surface area contributed by atoms with E-state index in [0.29, 0.717) is 25.9 Å². The van der Waals surface area contributed by atoms with E-state index in [4.69, 9.17) is 4.74 Å². The third-order valence-electron chi connectivity index (χ3n) is 4.71. The molecule has 2 aromatic rings. The number of amides is 1. The third-order valence-corrected chi connectivity index (χ3v) is 4.71. The van der Waals surface area contributed by atoms with Crippen LogP contribution in [0.2, 0.25) is 0 Å². The lowest BCUT2D eigenvalue weighted by Crippen LogP contribution is -2.43. The van der Waals surface area contributed by atoms with Crippen LogP contribution >= 0.6 is 0 Å². The number of carbonyl (C=O) groups is 2. The maximum Gasteiger partial charge on any atom is 0.308 e. The monoisotopic (exact) mass is 374 g/mol. The van der Waals surface area contributed by atoms with Gasteiger partial charge in [0.25, 0.3) is 11.2 Å². The van der Waals surface area contributed by atoms with Crippen molar-refractivity contribution in [3.63, 3.8) is 0 Å². The number of hydrogen-bond donors (Lipinski definition) is 0. The summed E-state index contributed by atoms with van der Waals surface area (Å²) in [5, 5.41) is 11.0. The zero-order valence-electron chi connectivity index (χ0n) is 14.7. The minimum atomic E-state index is -0.561. The second kappa shape index (κ2) is 7.52. The van der Waals surface area contributed by atoms with Gasteiger partial charge in [0.1, 0.15) is 6.54 Å². The topological polar surface area (TPSA) is 125 Å². The summed E-state index contributed by atoms with van der Waals surface area (Å²) in [6, 6.07) is 3.79. The minimum Gasteiger partial charge on any atom is -0.469 e. The summed E-state index contributed by atoms with van der Waals surface area (Å²) in [5.41, 5.74) is -0.388. The minimum absolute atomic E-state index is 0.156. The van der Waals surface area contributed by atoms with Crippen molar-refractivity contribution < 1.29 is 19.2 Å². The number of fused-ring (bicyclic) bond motifs is 1. The molecule has 1 saturated heterocycles. The number of hydrogen-bond acceptors (Lipinski definition) is 7. The Balaban J connectivity index is 1.73. The zero-order valence-corrected chi connectivity index (χ0v) is 14.7. The fourth-order valence-electron chi connectivity index (χ4n) is 3.15. The van der Waals surface area contributed by atoms with E-state index in [1.54, 1.807) is 4.90 Å². The van der Waals surface area contributed by atoms with Crippen LogP contribution in [0.5, 0.6) is 0 Å². The Morgan fingerprint density at radius 1 is 1.33 bits per heavy atom. The van der Waals surface area contributed by atoms with Crippen LogP contribution in [0.4, 0.5) is 5.69 Å². The van der Waals surface area contributed by atoms with E-state index in [1.807, 2.05) is 0 Å². The van der Waals surface area contributed by atoms with Crippen LogP contribution in [0.25, 0.3) is 10.9 Å². The Kier molecular flexibility index (Phi) is 5.15. The third kappa shape index (κ3) is 3.78. The van der Waals surface area contributed by atoms with Crippen LogP contribution in [-0.2, 0) is 20.9 Å². The highest BCUT2D eigenvalue weighted by Gasteiger charge is 2.28. The van der Waals surface area contributed by atoms with E-state index >= 15 is 0 Å². The molecule has 1 aromatic carbocycles. The lowest BCUT2D eigenvalue weighted by atomic mass is 9.97. The maximum absolute atomic E-state index is 12.5. The molecule has 1 fully saturated rings. The molecule has 0 unspecified atom stereocenters. The lowest BCUT2D eigenvalue weighted by molar-refractivity contribution is -0.384. The highest BCUT2D eigenvalue weighted by atomic mass is 16.6. The fraction of sp³-hybridized carbons (Fsp3) is 0.412. The van der Waals surface area contributed by atoms with Gasteiger partial charge in [-0.15, -0.1) is 0 Å². The average molecular weight is 374 g/mol. The molecule has 0 spiro atoms. The van der Waals surface area contributed by atoms with Crippen molar-refractivity contribution in [1.29, 1.82) is 0 Å². The van der Waals surface area contributed by atoms with Gasteiger partial charge in [0, 0.05) is 25.2 Å². The van der Waals surface area contributed by atoms with Gasteiger partial charge in [0.2, 0.25) is 5.91 Å². The number of methoxy groups -OCH3 is 1. The largest absolute Gasteiger partial charge is 0.469 e. The number of piperidine rings is 1. The van der Waals surface area contributed by atoms with E-state index in [-0.39, 0.29) is 40.9 Å². The molecule has 2 heterocycles. The first kappa shape index (κ1) is 18.5. The number of non-ortho nitro benzene ring substituents is 1. The molecule has 0 bridgehead atoms. The molecule has 10 heteroatoms. The van der Waals surface area contributed by atoms with Crippen LogP contribution in [0.3, 0.4) is 0 Å². The lowest BCUT2D eigenvalue weighted by Gasteiger charge is -2.30. The second-order valence-electron chi connectivity index (χ2n) is 6.31. The molecule has 0 aliphatic carbocycles. The quantitative estimate of drug-likeness (QED) is 0.438. The Labute approximate surface area is 153 Å².